The Morgan fingerprint density at radius 3 is 2.38 bits per heavy atom. The van der Waals surface area contributed by atoms with Crippen LogP contribution in [0.15, 0.2) is 53.4 Å². The van der Waals surface area contributed by atoms with Crippen LogP contribution in [0, 0.1) is 0 Å². The molecule has 3 rings (SSSR count). The third-order valence-electron chi connectivity index (χ3n) is 5.10. The number of aryl methyl sites for hydroxylation is 1. The summed E-state index contributed by atoms with van der Waals surface area (Å²) in [7, 11) is -3.48. The van der Waals surface area contributed by atoms with Gasteiger partial charge >= 0.3 is 0 Å². The molecule has 1 aliphatic rings. The predicted molar refractivity (Wildman–Crippen MR) is 114 cm³/mol. The zero-order chi connectivity index (χ0) is 20.9. The Kier molecular flexibility index (Phi) is 6.92. The van der Waals surface area contributed by atoms with E-state index >= 15 is 0 Å². The smallest absolute Gasteiger partial charge is 0.265 e. The molecule has 1 heterocycles. The van der Waals surface area contributed by atoms with Crippen LogP contribution >= 0.6 is 0 Å². The van der Waals surface area contributed by atoms with E-state index in [4.69, 9.17) is 4.74 Å². The minimum Gasteiger partial charge on any atom is -0.481 e. The van der Waals surface area contributed by atoms with Gasteiger partial charge in [0, 0.05) is 18.8 Å². The topological polar surface area (TPSA) is 75.7 Å². The second-order valence-electron chi connectivity index (χ2n) is 7.20. The highest BCUT2D eigenvalue weighted by Gasteiger charge is 2.26. The lowest BCUT2D eigenvalue weighted by atomic mass is 10.1. The van der Waals surface area contributed by atoms with E-state index in [2.05, 4.69) is 5.32 Å². The number of ether oxygens (including phenoxy) is 1. The number of nitrogens with zero attached hydrogens (tertiary/aromatic N) is 1. The number of rotatable bonds is 7. The largest absolute Gasteiger partial charge is 0.481 e. The Balaban J connectivity index is 1.63. The Labute approximate surface area is 172 Å². The summed E-state index contributed by atoms with van der Waals surface area (Å²) >= 11 is 0. The number of nitrogens with one attached hydrogen (secondary N) is 1. The van der Waals surface area contributed by atoms with Gasteiger partial charge in [-0.2, -0.15) is 4.31 Å². The molecule has 7 heteroatoms. The van der Waals surface area contributed by atoms with Gasteiger partial charge in [-0.3, -0.25) is 4.79 Å². The number of anilines is 1. The molecule has 0 aromatic heterocycles. The Morgan fingerprint density at radius 1 is 1.07 bits per heavy atom. The van der Waals surface area contributed by atoms with E-state index in [9.17, 15) is 13.2 Å². The monoisotopic (exact) mass is 416 g/mol. The summed E-state index contributed by atoms with van der Waals surface area (Å²) in [6.07, 6.45) is 3.00. The van der Waals surface area contributed by atoms with Crippen LogP contribution in [0.4, 0.5) is 5.69 Å². The number of sulfonamides is 1. The summed E-state index contributed by atoms with van der Waals surface area (Å²) in [5, 5.41) is 2.79. The number of amides is 1. The van der Waals surface area contributed by atoms with Gasteiger partial charge in [0.1, 0.15) is 5.75 Å². The quantitative estimate of drug-likeness (QED) is 0.744. The second-order valence-corrected chi connectivity index (χ2v) is 9.14. The number of piperidine rings is 1. The fourth-order valence-electron chi connectivity index (χ4n) is 3.36. The molecule has 1 amide bonds. The number of hydrogen-bond donors (Lipinski definition) is 1. The fraction of sp³-hybridized carbons (Fsp3) is 0.409. The van der Waals surface area contributed by atoms with Crippen molar-refractivity contribution in [1.29, 1.82) is 0 Å². The minimum atomic E-state index is -3.48. The first-order valence-corrected chi connectivity index (χ1v) is 11.5. The molecule has 156 valence electrons. The van der Waals surface area contributed by atoms with Crippen molar-refractivity contribution >= 4 is 21.6 Å². The van der Waals surface area contributed by atoms with Crippen LogP contribution in [-0.2, 0) is 21.2 Å². The second kappa shape index (κ2) is 9.41. The predicted octanol–water partition coefficient (Wildman–Crippen LogP) is 3.83. The normalized spacial score (nSPS) is 16.2. The van der Waals surface area contributed by atoms with E-state index in [1.54, 1.807) is 19.1 Å². The summed E-state index contributed by atoms with van der Waals surface area (Å²) in [6, 6.07) is 13.9. The standard InChI is InChI=1S/C22H28N2O4S/c1-3-18-9-5-6-10-21(18)28-17(2)22(25)23-19-11-13-20(14-12-19)29(26,27)24-15-7-4-8-16-24/h5-6,9-14,17H,3-4,7-8,15-16H2,1-2H3,(H,23,25)/t17-/m0/s1. The van der Waals surface area contributed by atoms with E-state index in [-0.39, 0.29) is 10.8 Å². The van der Waals surface area contributed by atoms with Gasteiger partial charge in [-0.15, -0.1) is 0 Å². The molecular weight excluding hydrogens is 388 g/mol. The van der Waals surface area contributed by atoms with Gasteiger partial charge in [0.2, 0.25) is 10.0 Å². The zero-order valence-corrected chi connectivity index (χ0v) is 17.7. The molecule has 0 spiro atoms. The van der Waals surface area contributed by atoms with Crippen molar-refractivity contribution in [1.82, 2.24) is 4.31 Å². The van der Waals surface area contributed by atoms with Crippen molar-refractivity contribution in [2.75, 3.05) is 18.4 Å². The Bertz CT molecular complexity index is 936. The summed E-state index contributed by atoms with van der Waals surface area (Å²) in [6.45, 7) is 4.85. The van der Waals surface area contributed by atoms with Gasteiger partial charge in [0.05, 0.1) is 4.90 Å². The van der Waals surface area contributed by atoms with Crippen molar-refractivity contribution in [3.63, 3.8) is 0 Å². The van der Waals surface area contributed by atoms with Crippen molar-refractivity contribution in [2.24, 2.45) is 0 Å². The van der Waals surface area contributed by atoms with Gasteiger partial charge in [0.15, 0.2) is 6.10 Å². The molecule has 0 bridgehead atoms. The van der Waals surface area contributed by atoms with Crippen molar-refractivity contribution in [3.8, 4) is 5.75 Å². The molecule has 1 fully saturated rings. The SMILES string of the molecule is CCc1ccccc1O[C@@H](C)C(=O)Nc1ccc(S(=O)(=O)N2CCCCC2)cc1. The third-order valence-corrected chi connectivity index (χ3v) is 7.01. The van der Waals surface area contributed by atoms with E-state index in [0.717, 1.165) is 31.2 Å². The van der Waals surface area contributed by atoms with E-state index in [0.29, 0.717) is 24.5 Å². The Morgan fingerprint density at radius 2 is 1.72 bits per heavy atom. The number of carbonyl (C=O) groups excluding carboxylic acids is 1. The molecule has 0 aliphatic carbocycles. The lowest BCUT2D eigenvalue weighted by molar-refractivity contribution is -0.122. The zero-order valence-electron chi connectivity index (χ0n) is 16.9. The average molecular weight is 417 g/mol. The van der Waals surface area contributed by atoms with Crippen LogP contribution in [-0.4, -0.2) is 37.8 Å². The van der Waals surface area contributed by atoms with Gasteiger partial charge in [-0.05, 0) is 62.1 Å². The fourth-order valence-corrected chi connectivity index (χ4v) is 4.88. The molecule has 1 N–H and O–H groups in total. The summed E-state index contributed by atoms with van der Waals surface area (Å²) < 4.78 is 32.8. The van der Waals surface area contributed by atoms with Crippen LogP contribution in [0.3, 0.4) is 0 Å². The number of para-hydroxylation sites is 1. The lowest BCUT2D eigenvalue weighted by Gasteiger charge is -2.25. The van der Waals surface area contributed by atoms with Crippen molar-refractivity contribution in [3.05, 3.63) is 54.1 Å². The number of carbonyl (C=O) groups is 1. The van der Waals surface area contributed by atoms with Crippen LogP contribution in [0.1, 0.15) is 38.7 Å². The van der Waals surface area contributed by atoms with Crippen molar-refractivity contribution < 1.29 is 17.9 Å². The first kappa shape index (κ1) is 21.3. The van der Waals surface area contributed by atoms with Crippen LogP contribution in [0.2, 0.25) is 0 Å². The Hall–Kier alpha value is -2.38. The summed E-state index contributed by atoms with van der Waals surface area (Å²) in [5.74, 6) is 0.406. The average Bonchev–Trinajstić information content (AvgIpc) is 2.75. The van der Waals surface area contributed by atoms with Crippen LogP contribution < -0.4 is 10.1 Å². The highest BCUT2D eigenvalue weighted by Crippen LogP contribution is 2.23. The third kappa shape index (κ3) is 5.16. The maximum atomic E-state index is 12.7. The maximum absolute atomic E-state index is 12.7. The highest BCUT2D eigenvalue weighted by molar-refractivity contribution is 7.89. The van der Waals surface area contributed by atoms with Crippen molar-refractivity contribution in [2.45, 2.75) is 50.5 Å². The molecular formula is C22H28N2O4S. The van der Waals surface area contributed by atoms with E-state index in [1.807, 2.05) is 31.2 Å². The van der Waals surface area contributed by atoms with Gasteiger partial charge in [-0.1, -0.05) is 31.5 Å². The maximum Gasteiger partial charge on any atom is 0.265 e. The highest BCUT2D eigenvalue weighted by atomic mass is 32.2. The van der Waals surface area contributed by atoms with Crippen LogP contribution in [0.25, 0.3) is 0 Å². The summed E-state index contributed by atoms with van der Waals surface area (Å²) in [5.41, 5.74) is 1.58. The number of benzene rings is 2. The van der Waals surface area contributed by atoms with Gasteiger partial charge in [-0.25, -0.2) is 8.42 Å². The molecule has 1 aliphatic heterocycles. The van der Waals surface area contributed by atoms with E-state index in [1.165, 1.54) is 16.4 Å². The molecule has 29 heavy (non-hydrogen) atoms. The van der Waals surface area contributed by atoms with Crippen LogP contribution in [0.5, 0.6) is 5.75 Å². The molecule has 0 saturated carbocycles. The van der Waals surface area contributed by atoms with Gasteiger partial charge in [0.25, 0.3) is 5.91 Å². The molecule has 2 aromatic carbocycles. The molecule has 0 unspecified atom stereocenters. The molecule has 0 radical (unpaired) electrons. The molecule has 1 saturated heterocycles. The lowest BCUT2D eigenvalue weighted by Crippen LogP contribution is -2.35. The minimum absolute atomic E-state index is 0.249. The molecule has 1 atom stereocenters. The first-order chi connectivity index (χ1) is 13.9. The summed E-state index contributed by atoms with van der Waals surface area (Å²) in [4.78, 5) is 12.7. The molecule has 2 aromatic rings. The number of hydrogen-bond acceptors (Lipinski definition) is 4. The van der Waals surface area contributed by atoms with Gasteiger partial charge < -0.3 is 10.1 Å². The van der Waals surface area contributed by atoms with E-state index < -0.39 is 16.1 Å². The first-order valence-electron chi connectivity index (χ1n) is 10.1. The molecule has 6 nitrogen and oxygen atoms in total.